The summed E-state index contributed by atoms with van der Waals surface area (Å²) in [5, 5.41) is 19.1. The predicted octanol–water partition coefficient (Wildman–Crippen LogP) is 6.54. The summed E-state index contributed by atoms with van der Waals surface area (Å²) >= 11 is 0. The Kier molecular flexibility index (Phi) is 4.89. The molecule has 29 heavy (non-hydrogen) atoms. The molecule has 0 spiro atoms. The van der Waals surface area contributed by atoms with Crippen LogP contribution in [0.5, 0.6) is 0 Å². The van der Waals surface area contributed by atoms with E-state index in [4.69, 9.17) is 16.3 Å². The molecule has 5 heteroatoms. The van der Waals surface area contributed by atoms with E-state index in [2.05, 4.69) is 28.2 Å². The Hall–Kier alpha value is -4.21. The minimum atomic E-state index is 0.477. The number of azide groups is 1. The van der Waals surface area contributed by atoms with Gasteiger partial charge in [-0.1, -0.05) is 29.4 Å². The summed E-state index contributed by atoms with van der Waals surface area (Å²) in [6.45, 7) is 0. The first-order valence-corrected chi connectivity index (χ1v) is 9.07. The minimum Gasteiger partial charge on any atom is -0.285 e. The molecule has 2 aliphatic rings. The second kappa shape index (κ2) is 7.80. The number of rotatable bonds is 4. The first kappa shape index (κ1) is 18.2. The molecule has 0 amide bonds. The fraction of sp³-hybridized carbons (Fsp3) is 0. The summed E-state index contributed by atoms with van der Waals surface area (Å²) in [6, 6.07) is 13.8. The Morgan fingerprint density at radius 2 is 1.59 bits per heavy atom. The van der Waals surface area contributed by atoms with Gasteiger partial charge < -0.3 is 0 Å². The number of hydrogen-bond donors (Lipinski definition) is 2. The lowest BCUT2D eigenvalue weighted by Crippen LogP contribution is -2.02. The average Bonchev–Trinajstić information content (AvgIpc) is 2.75. The summed E-state index contributed by atoms with van der Waals surface area (Å²) in [6.07, 6.45) is 14.9. The molecule has 2 N–H and O–H groups in total. The van der Waals surface area contributed by atoms with Gasteiger partial charge in [0, 0.05) is 52.6 Å². The number of benzene rings is 2. The summed E-state index contributed by atoms with van der Waals surface area (Å²) in [5.41, 5.74) is 15.3. The molecule has 136 valence electrons. The molecule has 0 atom stereocenters. The summed E-state index contributed by atoms with van der Waals surface area (Å²) in [7, 11) is 0. The summed E-state index contributed by atoms with van der Waals surface area (Å²) < 4.78 is 0. The van der Waals surface area contributed by atoms with Crippen LogP contribution in [0.3, 0.4) is 0 Å². The topological polar surface area (TPSA) is 96.5 Å². The minimum absolute atomic E-state index is 0.477. The van der Waals surface area contributed by atoms with Gasteiger partial charge in [0.15, 0.2) is 5.71 Å². The van der Waals surface area contributed by atoms with Crippen molar-refractivity contribution in [1.82, 2.24) is 0 Å². The standard InChI is InChI=1S/C24H17N5/c25-22-7-1-16(2-8-22)19-13-20(17-3-9-23(26)10-4-17)15-21(14-19)18-5-11-24(12-6-18)28-29-27/h1-15,25-26H/q+2. The van der Waals surface area contributed by atoms with E-state index in [1.807, 2.05) is 36.4 Å². The van der Waals surface area contributed by atoms with E-state index < -0.39 is 0 Å². The molecule has 4 rings (SSSR count). The molecule has 0 radical (unpaired) electrons. The molecule has 0 saturated carbocycles. The van der Waals surface area contributed by atoms with Crippen molar-refractivity contribution < 1.29 is 0 Å². The van der Waals surface area contributed by atoms with Crippen molar-refractivity contribution in [2.45, 2.75) is 0 Å². The largest absolute Gasteiger partial charge is 0.285 e. The molecule has 0 fully saturated rings. The normalized spacial score (nSPS) is 15.0. The molecule has 0 aromatic heterocycles. The van der Waals surface area contributed by atoms with Crippen molar-refractivity contribution in [3.63, 3.8) is 0 Å². The number of nitrogens with one attached hydrogen (secondary N) is 2. The Labute approximate surface area is 169 Å². The zero-order chi connectivity index (χ0) is 20.2. The highest BCUT2D eigenvalue weighted by Gasteiger charge is 2.21. The van der Waals surface area contributed by atoms with Crippen LogP contribution in [-0.2, 0) is 0 Å². The Morgan fingerprint density at radius 1 is 0.862 bits per heavy atom. The lowest BCUT2D eigenvalue weighted by atomic mass is 9.87. The SMILES string of the molecule is [N-]=[N+]=Nc1ccc(-c2cc(C3=C[CH+]C(=N)C=C3)cc([C+]3C=CC(=N)C=C3)c2)cc1. The Balaban J connectivity index is 1.79. The van der Waals surface area contributed by atoms with Gasteiger partial charge in [-0.15, -0.1) is 0 Å². The smallest absolute Gasteiger partial charge is 0.165 e. The second-order valence-electron chi connectivity index (χ2n) is 6.69. The monoisotopic (exact) mass is 375 g/mol. The van der Waals surface area contributed by atoms with Crippen LogP contribution >= 0.6 is 0 Å². The van der Waals surface area contributed by atoms with Gasteiger partial charge in [0.1, 0.15) is 5.71 Å². The third-order valence-electron chi connectivity index (χ3n) is 4.73. The third kappa shape index (κ3) is 4.05. The molecule has 0 unspecified atom stereocenters. The average molecular weight is 375 g/mol. The predicted molar refractivity (Wildman–Crippen MR) is 118 cm³/mol. The summed E-state index contributed by atoms with van der Waals surface area (Å²) in [5.74, 6) is 1.03. The molecule has 0 saturated heterocycles. The van der Waals surface area contributed by atoms with Crippen molar-refractivity contribution in [1.29, 1.82) is 10.8 Å². The maximum Gasteiger partial charge on any atom is 0.165 e. The second-order valence-corrected chi connectivity index (χ2v) is 6.69. The van der Waals surface area contributed by atoms with Crippen molar-refractivity contribution in [2.75, 3.05) is 0 Å². The quantitative estimate of drug-likeness (QED) is 0.262. The zero-order valence-electron chi connectivity index (χ0n) is 15.5. The highest BCUT2D eigenvalue weighted by molar-refractivity contribution is 6.06. The fourth-order valence-corrected chi connectivity index (χ4v) is 3.23. The maximum atomic E-state index is 8.60. The number of nitrogens with zero attached hydrogens (tertiary/aromatic N) is 3. The molecule has 2 aliphatic carbocycles. The van der Waals surface area contributed by atoms with E-state index in [0.717, 1.165) is 33.7 Å². The third-order valence-corrected chi connectivity index (χ3v) is 4.73. The van der Waals surface area contributed by atoms with E-state index in [-0.39, 0.29) is 0 Å². The highest BCUT2D eigenvalue weighted by Crippen LogP contribution is 2.32. The number of allylic oxidation sites excluding steroid dienone is 8. The van der Waals surface area contributed by atoms with Crippen molar-refractivity contribution in [3.8, 4) is 11.1 Å². The molecule has 0 heterocycles. The van der Waals surface area contributed by atoms with Crippen LogP contribution in [0.15, 0.2) is 90.1 Å². The first-order chi connectivity index (χ1) is 14.1. The fourth-order valence-electron chi connectivity index (χ4n) is 3.23. The molecule has 5 nitrogen and oxygen atoms in total. The van der Waals surface area contributed by atoms with Gasteiger partial charge in [0.2, 0.25) is 0 Å². The van der Waals surface area contributed by atoms with Gasteiger partial charge in [0.05, 0.1) is 47.3 Å². The van der Waals surface area contributed by atoms with Crippen molar-refractivity contribution in [3.05, 3.63) is 119 Å². The molecule has 0 aliphatic heterocycles. The molecular weight excluding hydrogens is 358 g/mol. The molecular formula is C24H17N5+2. The van der Waals surface area contributed by atoms with E-state index in [1.54, 1.807) is 36.8 Å². The van der Waals surface area contributed by atoms with Crippen LogP contribution in [0.4, 0.5) is 5.69 Å². The maximum absolute atomic E-state index is 8.60. The molecule has 0 bridgehead atoms. The van der Waals surface area contributed by atoms with E-state index in [1.165, 1.54) is 0 Å². The van der Waals surface area contributed by atoms with Gasteiger partial charge in [-0.3, -0.25) is 10.8 Å². The molecule has 2 aromatic rings. The van der Waals surface area contributed by atoms with E-state index in [0.29, 0.717) is 17.1 Å². The lowest BCUT2D eigenvalue weighted by molar-refractivity contribution is 1.34. The molecule has 2 aromatic carbocycles. The van der Waals surface area contributed by atoms with Gasteiger partial charge >= 0.3 is 0 Å². The summed E-state index contributed by atoms with van der Waals surface area (Å²) in [4.78, 5) is 2.82. The van der Waals surface area contributed by atoms with Gasteiger partial charge in [-0.05, 0) is 17.2 Å². The Bertz CT molecular complexity index is 1140. The Morgan fingerprint density at radius 3 is 2.24 bits per heavy atom. The van der Waals surface area contributed by atoms with Gasteiger partial charge in [-0.2, -0.15) is 0 Å². The highest BCUT2D eigenvalue weighted by atomic mass is 15.1. The zero-order valence-corrected chi connectivity index (χ0v) is 15.5. The van der Waals surface area contributed by atoms with Crippen LogP contribution in [0, 0.1) is 23.2 Å². The van der Waals surface area contributed by atoms with Crippen LogP contribution in [0.25, 0.3) is 27.1 Å². The van der Waals surface area contributed by atoms with Crippen LogP contribution in [-0.4, -0.2) is 11.4 Å². The van der Waals surface area contributed by atoms with Gasteiger partial charge in [0.25, 0.3) is 0 Å². The van der Waals surface area contributed by atoms with Crippen molar-refractivity contribution >= 4 is 22.7 Å². The van der Waals surface area contributed by atoms with Crippen LogP contribution < -0.4 is 0 Å². The first-order valence-electron chi connectivity index (χ1n) is 9.07. The van der Waals surface area contributed by atoms with Gasteiger partial charge in [-0.25, -0.2) is 0 Å². The van der Waals surface area contributed by atoms with Crippen LogP contribution in [0.1, 0.15) is 11.1 Å². The van der Waals surface area contributed by atoms with E-state index >= 15 is 0 Å². The lowest BCUT2D eigenvalue weighted by Gasteiger charge is -2.10. The number of hydrogen-bond acceptors (Lipinski definition) is 3. The van der Waals surface area contributed by atoms with E-state index in [9.17, 15) is 0 Å². The van der Waals surface area contributed by atoms with Crippen LogP contribution in [0.2, 0.25) is 0 Å². The van der Waals surface area contributed by atoms with Crippen molar-refractivity contribution in [2.24, 2.45) is 5.11 Å².